The SMILES string of the molecule is CCCNC(C)C(C)Cc1c(C)cc(C)cc1C. The maximum absolute atomic E-state index is 3.60. The van der Waals surface area contributed by atoms with Gasteiger partial charge in [-0.25, -0.2) is 0 Å². The third-order valence-electron chi connectivity index (χ3n) is 3.94. The highest BCUT2D eigenvalue weighted by Crippen LogP contribution is 2.21. The van der Waals surface area contributed by atoms with Crippen molar-refractivity contribution < 1.29 is 0 Å². The molecule has 0 spiro atoms. The highest BCUT2D eigenvalue weighted by Gasteiger charge is 2.14. The molecule has 0 aliphatic heterocycles. The van der Waals surface area contributed by atoms with Crippen LogP contribution in [0.25, 0.3) is 0 Å². The van der Waals surface area contributed by atoms with Crippen LogP contribution in [0, 0.1) is 26.7 Å². The Morgan fingerprint density at radius 2 is 1.61 bits per heavy atom. The monoisotopic (exact) mass is 247 g/mol. The molecule has 1 aromatic carbocycles. The van der Waals surface area contributed by atoms with Gasteiger partial charge in [-0.1, -0.05) is 31.5 Å². The molecule has 0 aliphatic carbocycles. The van der Waals surface area contributed by atoms with Crippen molar-refractivity contribution in [3.8, 4) is 0 Å². The van der Waals surface area contributed by atoms with Gasteiger partial charge in [-0.05, 0) is 69.7 Å². The summed E-state index contributed by atoms with van der Waals surface area (Å²) >= 11 is 0. The standard InChI is InChI=1S/C17H29N/c1-7-8-18-16(6)13(3)11-17-14(4)9-12(2)10-15(17)5/h9-10,13,16,18H,7-8,11H2,1-6H3. The van der Waals surface area contributed by atoms with Crippen LogP contribution in [0.4, 0.5) is 0 Å². The van der Waals surface area contributed by atoms with E-state index in [-0.39, 0.29) is 0 Å². The molecule has 2 unspecified atom stereocenters. The molecule has 0 aliphatic rings. The first kappa shape index (κ1) is 15.2. The molecule has 0 heterocycles. The first-order chi connectivity index (χ1) is 8.45. The van der Waals surface area contributed by atoms with Gasteiger partial charge in [0.1, 0.15) is 0 Å². The summed E-state index contributed by atoms with van der Waals surface area (Å²) in [6, 6.07) is 5.20. The predicted octanol–water partition coefficient (Wildman–Crippen LogP) is 4.18. The fourth-order valence-electron chi connectivity index (χ4n) is 2.60. The van der Waals surface area contributed by atoms with Crippen LogP contribution in [0.3, 0.4) is 0 Å². The maximum atomic E-state index is 3.60. The fraction of sp³-hybridized carbons (Fsp3) is 0.647. The van der Waals surface area contributed by atoms with Crippen molar-refractivity contribution in [2.75, 3.05) is 6.54 Å². The van der Waals surface area contributed by atoms with Gasteiger partial charge < -0.3 is 5.32 Å². The Kier molecular flexibility index (Phi) is 5.87. The van der Waals surface area contributed by atoms with Gasteiger partial charge in [-0.15, -0.1) is 0 Å². The van der Waals surface area contributed by atoms with Gasteiger partial charge in [0.05, 0.1) is 0 Å². The van der Waals surface area contributed by atoms with Crippen LogP contribution in [0.15, 0.2) is 12.1 Å². The second-order valence-corrected chi connectivity index (χ2v) is 5.80. The van der Waals surface area contributed by atoms with Crippen molar-refractivity contribution in [3.05, 3.63) is 34.4 Å². The van der Waals surface area contributed by atoms with Crippen LogP contribution >= 0.6 is 0 Å². The van der Waals surface area contributed by atoms with Crippen LogP contribution < -0.4 is 5.32 Å². The summed E-state index contributed by atoms with van der Waals surface area (Å²) in [5.74, 6) is 0.677. The van der Waals surface area contributed by atoms with Crippen molar-refractivity contribution in [2.45, 2.75) is 60.4 Å². The number of hydrogen-bond acceptors (Lipinski definition) is 1. The lowest BCUT2D eigenvalue weighted by molar-refractivity contribution is 0.398. The van der Waals surface area contributed by atoms with Crippen molar-refractivity contribution in [1.82, 2.24) is 5.32 Å². The van der Waals surface area contributed by atoms with Gasteiger partial charge in [0.2, 0.25) is 0 Å². The van der Waals surface area contributed by atoms with Gasteiger partial charge in [0, 0.05) is 6.04 Å². The molecule has 1 aromatic rings. The van der Waals surface area contributed by atoms with E-state index in [4.69, 9.17) is 0 Å². The molecule has 18 heavy (non-hydrogen) atoms. The Hall–Kier alpha value is -0.820. The molecule has 2 atom stereocenters. The largest absolute Gasteiger partial charge is 0.314 e. The highest BCUT2D eigenvalue weighted by atomic mass is 14.9. The zero-order chi connectivity index (χ0) is 13.7. The number of rotatable bonds is 6. The smallest absolute Gasteiger partial charge is 0.00675 e. The first-order valence-corrected chi connectivity index (χ1v) is 7.25. The minimum atomic E-state index is 0.588. The fourth-order valence-corrected chi connectivity index (χ4v) is 2.60. The van der Waals surface area contributed by atoms with Gasteiger partial charge in [0.15, 0.2) is 0 Å². The molecule has 0 saturated carbocycles. The minimum absolute atomic E-state index is 0.588. The first-order valence-electron chi connectivity index (χ1n) is 7.25. The van der Waals surface area contributed by atoms with Gasteiger partial charge in [0.25, 0.3) is 0 Å². The predicted molar refractivity (Wildman–Crippen MR) is 81.3 cm³/mol. The van der Waals surface area contributed by atoms with E-state index in [1.807, 2.05) is 0 Å². The molecular formula is C17H29N. The van der Waals surface area contributed by atoms with Crippen molar-refractivity contribution in [1.29, 1.82) is 0 Å². The van der Waals surface area contributed by atoms with E-state index in [1.54, 1.807) is 5.56 Å². The summed E-state index contributed by atoms with van der Waals surface area (Å²) in [4.78, 5) is 0. The van der Waals surface area contributed by atoms with Gasteiger partial charge in [-0.3, -0.25) is 0 Å². The Balaban J connectivity index is 2.72. The number of nitrogens with one attached hydrogen (secondary N) is 1. The lowest BCUT2D eigenvalue weighted by atomic mass is 9.89. The van der Waals surface area contributed by atoms with Gasteiger partial charge >= 0.3 is 0 Å². The Morgan fingerprint density at radius 1 is 1.06 bits per heavy atom. The average Bonchev–Trinajstić information content (AvgIpc) is 2.30. The summed E-state index contributed by atoms with van der Waals surface area (Å²) in [7, 11) is 0. The van der Waals surface area contributed by atoms with E-state index in [2.05, 4.69) is 59.0 Å². The van der Waals surface area contributed by atoms with Crippen LogP contribution in [-0.2, 0) is 6.42 Å². The number of aryl methyl sites for hydroxylation is 3. The molecule has 0 amide bonds. The van der Waals surface area contributed by atoms with E-state index < -0.39 is 0 Å². The molecular weight excluding hydrogens is 218 g/mol. The van der Waals surface area contributed by atoms with Crippen LogP contribution in [0.5, 0.6) is 0 Å². The number of benzene rings is 1. The summed E-state index contributed by atoms with van der Waals surface area (Å²) in [6.07, 6.45) is 2.38. The van der Waals surface area contributed by atoms with E-state index in [0.717, 1.165) is 6.54 Å². The average molecular weight is 247 g/mol. The van der Waals surface area contributed by atoms with Crippen molar-refractivity contribution in [3.63, 3.8) is 0 Å². The van der Waals surface area contributed by atoms with Crippen LogP contribution in [-0.4, -0.2) is 12.6 Å². The molecule has 0 fully saturated rings. The Bertz CT molecular complexity index is 358. The summed E-state index contributed by atoms with van der Waals surface area (Å²) < 4.78 is 0. The van der Waals surface area contributed by atoms with Crippen LogP contribution in [0.2, 0.25) is 0 Å². The summed E-state index contributed by atoms with van der Waals surface area (Å²) in [6.45, 7) is 14.7. The van der Waals surface area contributed by atoms with E-state index >= 15 is 0 Å². The molecule has 1 rings (SSSR count). The third kappa shape index (κ3) is 4.13. The molecule has 0 radical (unpaired) electrons. The van der Waals surface area contributed by atoms with Crippen molar-refractivity contribution >= 4 is 0 Å². The molecule has 1 N–H and O–H groups in total. The second-order valence-electron chi connectivity index (χ2n) is 5.80. The second kappa shape index (κ2) is 6.94. The minimum Gasteiger partial charge on any atom is -0.314 e. The molecule has 1 nitrogen and oxygen atoms in total. The lowest BCUT2D eigenvalue weighted by Crippen LogP contribution is -2.33. The van der Waals surface area contributed by atoms with Gasteiger partial charge in [-0.2, -0.15) is 0 Å². The normalized spacial score (nSPS) is 14.6. The lowest BCUT2D eigenvalue weighted by Gasteiger charge is -2.23. The zero-order valence-corrected chi connectivity index (χ0v) is 12.9. The van der Waals surface area contributed by atoms with E-state index in [1.165, 1.54) is 29.5 Å². The molecule has 1 heteroatoms. The molecule has 0 aromatic heterocycles. The highest BCUT2D eigenvalue weighted by molar-refractivity contribution is 5.37. The topological polar surface area (TPSA) is 12.0 Å². The summed E-state index contributed by atoms with van der Waals surface area (Å²) in [5.41, 5.74) is 5.81. The quantitative estimate of drug-likeness (QED) is 0.795. The zero-order valence-electron chi connectivity index (χ0n) is 12.9. The van der Waals surface area contributed by atoms with Crippen molar-refractivity contribution in [2.24, 2.45) is 5.92 Å². The van der Waals surface area contributed by atoms with Crippen LogP contribution in [0.1, 0.15) is 49.4 Å². The van der Waals surface area contributed by atoms with E-state index in [9.17, 15) is 0 Å². The summed E-state index contributed by atoms with van der Waals surface area (Å²) in [5, 5.41) is 3.60. The maximum Gasteiger partial charge on any atom is 0.00675 e. The van der Waals surface area contributed by atoms with E-state index in [0.29, 0.717) is 12.0 Å². The molecule has 102 valence electrons. The molecule has 0 saturated heterocycles. The third-order valence-corrected chi connectivity index (χ3v) is 3.94. The molecule has 0 bridgehead atoms. The Labute approximate surface area is 113 Å². The number of hydrogen-bond donors (Lipinski definition) is 1. The Morgan fingerprint density at radius 3 is 2.11 bits per heavy atom.